The van der Waals surface area contributed by atoms with Crippen LogP contribution in [0.5, 0.6) is 0 Å². The lowest BCUT2D eigenvalue weighted by Crippen LogP contribution is -2.18. The van der Waals surface area contributed by atoms with E-state index in [1.807, 2.05) is 0 Å². The van der Waals surface area contributed by atoms with Gasteiger partial charge >= 0.3 is 6.09 Å². The van der Waals surface area contributed by atoms with Crippen molar-refractivity contribution in [3.8, 4) is 0 Å². The number of hydrogen-bond acceptors (Lipinski definition) is 3. The quantitative estimate of drug-likeness (QED) is 0.815. The second-order valence-corrected chi connectivity index (χ2v) is 4.51. The Morgan fingerprint density at radius 1 is 1.39 bits per heavy atom. The molecule has 1 aromatic rings. The summed E-state index contributed by atoms with van der Waals surface area (Å²) in [6.45, 7) is 0.556. The first-order valence-electron chi connectivity index (χ1n) is 5.45. The number of carbonyl (C=O) groups is 1. The summed E-state index contributed by atoms with van der Waals surface area (Å²) in [5.41, 5.74) is 5.64. The topological polar surface area (TPSA) is 61.6 Å². The molecule has 0 fully saturated rings. The van der Waals surface area contributed by atoms with E-state index in [2.05, 4.69) is 0 Å². The molecule has 4 nitrogen and oxygen atoms in total. The first-order valence-corrected chi connectivity index (χ1v) is 6.20. The molecule has 1 amide bonds. The van der Waals surface area contributed by atoms with Crippen molar-refractivity contribution < 1.29 is 14.3 Å². The Morgan fingerprint density at radius 2 is 2.00 bits per heavy atom. The van der Waals surface area contributed by atoms with Crippen molar-refractivity contribution in [2.45, 2.75) is 18.9 Å². The van der Waals surface area contributed by atoms with Crippen LogP contribution in [-0.4, -0.2) is 19.8 Å². The van der Waals surface area contributed by atoms with E-state index in [4.69, 9.17) is 38.4 Å². The second kappa shape index (κ2) is 7.46. The fourth-order valence-corrected chi connectivity index (χ4v) is 2.27. The number of carbonyl (C=O) groups excluding carboxylic acids is 1. The van der Waals surface area contributed by atoms with Crippen LogP contribution in [0.15, 0.2) is 18.2 Å². The van der Waals surface area contributed by atoms with Gasteiger partial charge in [0.15, 0.2) is 0 Å². The number of halogens is 2. The maximum atomic E-state index is 10.9. The number of nitrogens with two attached hydrogens (primary N) is 1. The van der Waals surface area contributed by atoms with E-state index in [0.29, 0.717) is 35.1 Å². The van der Waals surface area contributed by atoms with Gasteiger partial charge in [-0.25, -0.2) is 4.79 Å². The van der Waals surface area contributed by atoms with Gasteiger partial charge in [-0.3, -0.25) is 0 Å². The summed E-state index contributed by atoms with van der Waals surface area (Å²) in [5, 5.41) is 0.900. The summed E-state index contributed by atoms with van der Waals surface area (Å²) >= 11 is 12.1. The molecule has 0 bridgehead atoms. The highest BCUT2D eigenvalue weighted by molar-refractivity contribution is 6.36. The molecule has 2 N–H and O–H groups in total. The van der Waals surface area contributed by atoms with Crippen LogP contribution in [0.1, 0.15) is 24.5 Å². The standard InChI is InChI=1S/C12H15Cl2NO3/c1-17-7-3-6-10(18-12(15)16)11-8(13)4-2-5-9(11)14/h2,4-5,10H,3,6-7H2,1H3,(H2,15,16)/t10-/m0/s1. The Kier molecular flexibility index (Phi) is 6.25. The Balaban J connectivity index is 2.90. The lowest BCUT2D eigenvalue weighted by molar-refractivity contribution is 0.0919. The van der Waals surface area contributed by atoms with Gasteiger partial charge < -0.3 is 15.2 Å². The normalized spacial score (nSPS) is 12.2. The van der Waals surface area contributed by atoms with Crippen molar-refractivity contribution in [3.05, 3.63) is 33.8 Å². The summed E-state index contributed by atoms with van der Waals surface area (Å²) in [5.74, 6) is 0. The van der Waals surface area contributed by atoms with Crippen LogP contribution in [-0.2, 0) is 9.47 Å². The summed E-state index contributed by atoms with van der Waals surface area (Å²) in [6, 6.07) is 5.11. The van der Waals surface area contributed by atoms with Gasteiger partial charge in [0, 0.05) is 29.3 Å². The zero-order valence-electron chi connectivity index (χ0n) is 9.99. The molecule has 1 aromatic carbocycles. The summed E-state index contributed by atoms with van der Waals surface area (Å²) in [4.78, 5) is 10.9. The molecular weight excluding hydrogens is 277 g/mol. The number of primary amides is 1. The van der Waals surface area contributed by atoms with Crippen LogP contribution >= 0.6 is 23.2 Å². The minimum Gasteiger partial charge on any atom is -0.441 e. The second-order valence-electron chi connectivity index (χ2n) is 3.70. The molecule has 6 heteroatoms. The van der Waals surface area contributed by atoms with Crippen LogP contribution in [0, 0.1) is 0 Å². The predicted molar refractivity (Wildman–Crippen MR) is 71.0 cm³/mol. The van der Waals surface area contributed by atoms with Gasteiger partial charge in [0.05, 0.1) is 0 Å². The van der Waals surface area contributed by atoms with Crippen molar-refractivity contribution in [1.29, 1.82) is 0 Å². The smallest absolute Gasteiger partial charge is 0.405 e. The Bertz CT molecular complexity index is 392. The van der Waals surface area contributed by atoms with E-state index in [1.165, 1.54) is 0 Å². The minimum absolute atomic E-state index is 0.450. The highest BCUT2D eigenvalue weighted by atomic mass is 35.5. The van der Waals surface area contributed by atoms with Gasteiger partial charge in [0.1, 0.15) is 6.10 Å². The van der Waals surface area contributed by atoms with Gasteiger partial charge in [-0.05, 0) is 25.0 Å². The van der Waals surface area contributed by atoms with E-state index < -0.39 is 12.2 Å². The molecule has 0 aliphatic rings. The average molecular weight is 292 g/mol. The molecule has 0 aromatic heterocycles. The van der Waals surface area contributed by atoms with Crippen molar-refractivity contribution in [2.24, 2.45) is 5.73 Å². The molecule has 0 spiro atoms. The van der Waals surface area contributed by atoms with Crippen LogP contribution in [0.3, 0.4) is 0 Å². The number of ether oxygens (including phenoxy) is 2. The zero-order valence-corrected chi connectivity index (χ0v) is 11.5. The van der Waals surface area contributed by atoms with Crippen LogP contribution in [0.25, 0.3) is 0 Å². The highest BCUT2D eigenvalue weighted by Crippen LogP contribution is 2.34. The van der Waals surface area contributed by atoms with Crippen molar-refractivity contribution in [3.63, 3.8) is 0 Å². The predicted octanol–water partition coefficient (Wildman–Crippen LogP) is 3.56. The lowest BCUT2D eigenvalue weighted by Gasteiger charge is -2.19. The number of hydrogen-bond donors (Lipinski definition) is 1. The van der Waals surface area contributed by atoms with Crippen LogP contribution in [0.4, 0.5) is 4.79 Å². The van der Waals surface area contributed by atoms with Gasteiger partial charge in [-0.1, -0.05) is 29.3 Å². The van der Waals surface area contributed by atoms with Crippen molar-refractivity contribution in [1.82, 2.24) is 0 Å². The van der Waals surface area contributed by atoms with Crippen LogP contribution < -0.4 is 5.73 Å². The number of amides is 1. The van der Waals surface area contributed by atoms with Gasteiger partial charge in [-0.2, -0.15) is 0 Å². The van der Waals surface area contributed by atoms with Crippen molar-refractivity contribution >= 4 is 29.3 Å². The molecule has 0 saturated heterocycles. The molecule has 18 heavy (non-hydrogen) atoms. The summed E-state index contributed by atoms with van der Waals surface area (Å²) in [6.07, 6.45) is -0.164. The van der Waals surface area contributed by atoms with E-state index in [9.17, 15) is 4.79 Å². The molecule has 0 aliphatic carbocycles. The molecule has 100 valence electrons. The minimum atomic E-state index is -0.853. The molecular formula is C12H15Cl2NO3. The van der Waals surface area contributed by atoms with E-state index in [0.717, 1.165) is 0 Å². The molecule has 0 aliphatic heterocycles. The third-order valence-electron chi connectivity index (χ3n) is 2.39. The largest absolute Gasteiger partial charge is 0.441 e. The highest BCUT2D eigenvalue weighted by Gasteiger charge is 2.20. The fourth-order valence-electron chi connectivity index (χ4n) is 1.63. The van der Waals surface area contributed by atoms with Gasteiger partial charge in [0.25, 0.3) is 0 Å². The van der Waals surface area contributed by atoms with E-state index in [-0.39, 0.29) is 0 Å². The molecule has 0 radical (unpaired) electrons. The van der Waals surface area contributed by atoms with Gasteiger partial charge in [-0.15, -0.1) is 0 Å². The number of benzene rings is 1. The third-order valence-corrected chi connectivity index (χ3v) is 3.05. The Morgan fingerprint density at radius 3 is 2.50 bits per heavy atom. The Hall–Kier alpha value is -0.970. The number of methoxy groups -OCH3 is 1. The van der Waals surface area contributed by atoms with Crippen molar-refractivity contribution in [2.75, 3.05) is 13.7 Å². The van der Waals surface area contributed by atoms with E-state index >= 15 is 0 Å². The Labute approximate surface area is 116 Å². The van der Waals surface area contributed by atoms with Gasteiger partial charge in [0.2, 0.25) is 0 Å². The zero-order chi connectivity index (χ0) is 13.5. The molecule has 1 atom stereocenters. The fraction of sp³-hybridized carbons (Fsp3) is 0.417. The number of rotatable bonds is 6. The first kappa shape index (κ1) is 15.1. The SMILES string of the molecule is COCCC[C@H](OC(N)=O)c1c(Cl)cccc1Cl. The third kappa shape index (κ3) is 4.37. The molecule has 0 unspecified atom stereocenters. The molecule has 1 rings (SSSR count). The van der Waals surface area contributed by atoms with Crippen LogP contribution in [0.2, 0.25) is 10.0 Å². The maximum absolute atomic E-state index is 10.9. The molecule has 0 saturated carbocycles. The average Bonchev–Trinajstić information content (AvgIpc) is 2.28. The molecule has 0 heterocycles. The first-order chi connectivity index (χ1) is 8.56. The summed E-state index contributed by atoms with van der Waals surface area (Å²) in [7, 11) is 1.60. The maximum Gasteiger partial charge on any atom is 0.405 e. The lowest BCUT2D eigenvalue weighted by atomic mass is 10.0. The monoisotopic (exact) mass is 291 g/mol. The van der Waals surface area contributed by atoms with E-state index in [1.54, 1.807) is 25.3 Å². The summed E-state index contributed by atoms with van der Waals surface area (Å²) < 4.78 is 10.0.